The van der Waals surface area contributed by atoms with E-state index in [1.165, 1.54) is 23.5 Å². The molecule has 2 aliphatic heterocycles. The van der Waals surface area contributed by atoms with Gasteiger partial charge in [-0.05, 0) is 55.7 Å². The number of carbonyl (C=O) groups is 2. The molecule has 3 heterocycles. The molecule has 0 saturated carbocycles. The highest BCUT2D eigenvalue weighted by atomic mass is 35.5. The third-order valence-electron chi connectivity index (χ3n) is 6.45. The number of anilines is 3. The molecule has 0 saturated heterocycles. The van der Waals surface area contributed by atoms with Crippen LogP contribution in [0.15, 0.2) is 47.6 Å². The van der Waals surface area contributed by atoms with E-state index in [9.17, 15) is 9.59 Å². The highest BCUT2D eigenvalue weighted by molar-refractivity contribution is 7.99. The Morgan fingerprint density at radius 3 is 2.63 bits per heavy atom. The number of amides is 2. The summed E-state index contributed by atoms with van der Waals surface area (Å²) in [6, 6.07) is 11.2. The van der Waals surface area contributed by atoms with Crippen LogP contribution in [-0.2, 0) is 16.8 Å². The van der Waals surface area contributed by atoms with Crippen molar-refractivity contribution < 1.29 is 9.59 Å². The minimum Gasteiger partial charge on any atom is -0.333 e. The van der Waals surface area contributed by atoms with Gasteiger partial charge in [0, 0.05) is 25.4 Å². The Bertz CT molecular complexity index is 1340. The fourth-order valence-electron chi connectivity index (χ4n) is 4.74. The second-order valence-electron chi connectivity index (χ2n) is 8.97. The van der Waals surface area contributed by atoms with Crippen LogP contribution in [0.1, 0.15) is 42.3 Å². The topological polar surface area (TPSA) is 78.4 Å². The molecule has 0 spiro atoms. The summed E-state index contributed by atoms with van der Waals surface area (Å²) in [7, 11) is 0. The van der Waals surface area contributed by atoms with Gasteiger partial charge in [-0.25, -0.2) is 9.97 Å². The van der Waals surface area contributed by atoms with Gasteiger partial charge in [0.15, 0.2) is 0 Å². The number of nitrogens with zero attached hydrogens (tertiary/aromatic N) is 4. The van der Waals surface area contributed by atoms with E-state index in [4.69, 9.17) is 23.2 Å². The molecule has 0 radical (unpaired) electrons. The number of fused-ring (bicyclic) bond motifs is 2. The lowest BCUT2D eigenvalue weighted by Gasteiger charge is -2.43. The van der Waals surface area contributed by atoms with Gasteiger partial charge in [0.25, 0.3) is 5.91 Å². The first-order valence-electron chi connectivity index (χ1n) is 11.1. The number of carbonyl (C=O) groups excluding carboxylic acids is 2. The van der Waals surface area contributed by atoms with Crippen LogP contribution in [-0.4, -0.2) is 39.1 Å². The summed E-state index contributed by atoms with van der Waals surface area (Å²) < 4.78 is 0. The van der Waals surface area contributed by atoms with Gasteiger partial charge in [-0.15, -0.1) is 0 Å². The summed E-state index contributed by atoms with van der Waals surface area (Å²) in [5.74, 6) is 0.583. The van der Waals surface area contributed by atoms with Crippen molar-refractivity contribution in [3.05, 3.63) is 69.3 Å². The fourth-order valence-corrected chi connectivity index (χ4v) is 6.28. The van der Waals surface area contributed by atoms with E-state index in [1.807, 2.05) is 11.0 Å². The lowest BCUT2D eigenvalue weighted by Crippen LogP contribution is -2.49. The zero-order valence-electron chi connectivity index (χ0n) is 19.4. The molecule has 3 aromatic rings. The van der Waals surface area contributed by atoms with Gasteiger partial charge in [0.05, 0.1) is 32.7 Å². The van der Waals surface area contributed by atoms with Crippen LogP contribution < -0.4 is 10.2 Å². The number of halogens is 2. The number of hydrogen-bond acceptors (Lipinski definition) is 6. The molecule has 180 valence electrons. The van der Waals surface area contributed by atoms with Crippen LogP contribution >= 0.6 is 35.0 Å². The van der Waals surface area contributed by atoms with E-state index in [2.05, 4.69) is 41.3 Å². The molecular formula is C25H23Cl2N5O2S. The number of aromatic nitrogens is 2. The predicted molar refractivity (Wildman–Crippen MR) is 140 cm³/mol. The molecular weight excluding hydrogens is 505 g/mol. The van der Waals surface area contributed by atoms with E-state index in [0.29, 0.717) is 44.7 Å². The summed E-state index contributed by atoms with van der Waals surface area (Å²) >= 11 is 14.1. The number of nitrogens with one attached hydrogen (secondary N) is 1. The van der Waals surface area contributed by atoms with Gasteiger partial charge < -0.3 is 10.2 Å². The van der Waals surface area contributed by atoms with Gasteiger partial charge in [-0.2, -0.15) is 0 Å². The number of hydrogen-bond donors (Lipinski definition) is 1. The number of thioether (sulfide) groups is 1. The maximum atomic E-state index is 13.2. The highest BCUT2D eigenvalue weighted by Crippen LogP contribution is 2.40. The van der Waals surface area contributed by atoms with Crippen LogP contribution in [0.2, 0.25) is 10.0 Å². The summed E-state index contributed by atoms with van der Waals surface area (Å²) in [5.41, 5.74) is 3.70. The van der Waals surface area contributed by atoms with Crippen molar-refractivity contribution in [2.45, 2.75) is 37.8 Å². The Morgan fingerprint density at radius 1 is 1.17 bits per heavy atom. The van der Waals surface area contributed by atoms with Crippen molar-refractivity contribution in [1.82, 2.24) is 14.9 Å². The summed E-state index contributed by atoms with van der Waals surface area (Å²) in [6.07, 6.45) is 2.31. The summed E-state index contributed by atoms with van der Waals surface area (Å²) in [4.78, 5) is 37.6. The van der Waals surface area contributed by atoms with Crippen molar-refractivity contribution in [3.63, 3.8) is 0 Å². The van der Waals surface area contributed by atoms with E-state index < -0.39 is 0 Å². The summed E-state index contributed by atoms with van der Waals surface area (Å²) in [6.45, 7) is 6.43. The molecule has 35 heavy (non-hydrogen) atoms. The third kappa shape index (κ3) is 4.24. The summed E-state index contributed by atoms with van der Waals surface area (Å²) in [5, 5.41) is 4.68. The normalized spacial score (nSPS) is 16.5. The first-order chi connectivity index (χ1) is 16.7. The molecule has 10 heteroatoms. The fraction of sp³-hybridized carbons (Fsp3) is 0.280. The Kier molecular flexibility index (Phi) is 6.15. The Balaban J connectivity index is 1.38. The van der Waals surface area contributed by atoms with Gasteiger partial charge >= 0.3 is 0 Å². The molecule has 0 fully saturated rings. The van der Waals surface area contributed by atoms with Crippen molar-refractivity contribution in [2.24, 2.45) is 0 Å². The van der Waals surface area contributed by atoms with Crippen molar-refractivity contribution >= 4 is 64.1 Å². The largest absolute Gasteiger partial charge is 0.333 e. The predicted octanol–water partition coefficient (Wildman–Crippen LogP) is 5.88. The minimum absolute atomic E-state index is 0.0766. The van der Waals surface area contributed by atoms with Gasteiger partial charge in [0.1, 0.15) is 5.03 Å². The lowest BCUT2D eigenvalue weighted by atomic mass is 9.83. The molecule has 2 aliphatic rings. The third-order valence-corrected chi connectivity index (χ3v) is 8.03. The van der Waals surface area contributed by atoms with Crippen LogP contribution in [0.5, 0.6) is 0 Å². The van der Waals surface area contributed by atoms with Gasteiger partial charge in [-0.3, -0.25) is 14.5 Å². The Hall–Kier alpha value is -2.81. The lowest BCUT2D eigenvalue weighted by molar-refractivity contribution is -0.135. The monoisotopic (exact) mass is 527 g/mol. The molecule has 1 N–H and O–H groups in total. The SMILES string of the molecule is CC(=O)N1CCc2cc(Nc3ncc4c(n3)SCN(c3c(Cl)cccc3Cl)C4=O)ccc2C1(C)C. The van der Waals surface area contributed by atoms with E-state index in [-0.39, 0.29) is 17.4 Å². The van der Waals surface area contributed by atoms with Crippen LogP contribution in [0, 0.1) is 0 Å². The Morgan fingerprint density at radius 2 is 1.91 bits per heavy atom. The number of para-hydroxylation sites is 1. The number of benzene rings is 2. The molecule has 7 nitrogen and oxygen atoms in total. The van der Waals surface area contributed by atoms with Crippen molar-refractivity contribution in [3.8, 4) is 0 Å². The van der Waals surface area contributed by atoms with E-state index >= 15 is 0 Å². The Labute approximate surface area is 217 Å². The zero-order chi connectivity index (χ0) is 24.9. The first-order valence-corrected chi connectivity index (χ1v) is 12.9. The highest BCUT2D eigenvalue weighted by Gasteiger charge is 2.36. The zero-order valence-corrected chi connectivity index (χ0v) is 21.8. The van der Waals surface area contributed by atoms with Crippen molar-refractivity contribution in [1.29, 1.82) is 0 Å². The minimum atomic E-state index is -0.367. The van der Waals surface area contributed by atoms with Crippen LogP contribution in [0.3, 0.4) is 0 Å². The maximum absolute atomic E-state index is 13.2. The van der Waals surface area contributed by atoms with E-state index in [0.717, 1.165) is 17.7 Å². The first kappa shape index (κ1) is 23.9. The molecule has 2 aromatic carbocycles. The molecule has 0 unspecified atom stereocenters. The van der Waals surface area contributed by atoms with E-state index in [1.54, 1.807) is 30.0 Å². The maximum Gasteiger partial charge on any atom is 0.263 e. The molecule has 5 rings (SSSR count). The van der Waals surface area contributed by atoms with Crippen molar-refractivity contribution in [2.75, 3.05) is 22.6 Å². The molecule has 1 aromatic heterocycles. The van der Waals surface area contributed by atoms with Crippen LogP contribution in [0.25, 0.3) is 0 Å². The number of rotatable bonds is 3. The van der Waals surface area contributed by atoms with Crippen LogP contribution in [0.4, 0.5) is 17.3 Å². The van der Waals surface area contributed by atoms with Gasteiger partial charge in [0.2, 0.25) is 11.9 Å². The quantitative estimate of drug-likeness (QED) is 0.428. The molecule has 0 bridgehead atoms. The molecule has 0 aliphatic carbocycles. The standard InChI is InChI=1S/C25H23Cl2N5O2S/c1-14(33)32-10-9-15-11-16(7-8-18(15)25(32,2)3)29-24-28-12-17-22(30-24)35-13-31(23(17)34)21-19(26)5-4-6-20(21)27/h4-8,11-12H,9-10,13H2,1-3H3,(H,28,29,30). The smallest absolute Gasteiger partial charge is 0.263 e. The second kappa shape index (κ2) is 9.00. The average Bonchev–Trinajstić information content (AvgIpc) is 2.80. The average molecular weight is 528 g/mol. The molecule has 2 amide bonds. The second-order valence-corrected chi connectivity index (χ2v) is 10.7. The molecule has 0 atom stereocenters. The van der Waals surface area contributed by atoms with Gasteiger partial charge in [-0.1, -0.05) is 47.1 Å².